The summed E-state index contributed by atoms with van der Waals surface area (Å²) in [5.41, 5.74) is 1.83. The third kappa shape index (κ3) is 4.73. The molecule has 0 bridgehead atoms. The fourth-order valence-electron chi connectivity index (χ4n) is 1.98. The molecule has 0 aliphatic carbocycles. The fraction of sp³-hybridized carbons (Fsp3) is 0.667. The lowest BCUT2D eigenvalue weighted by molar-refractivity contribution is 0.165. The molecule has 0 N–H and O–H groups in total. The van der Waals surface area contributed by atoms with Crippen molar-refractivity contribution in [3.8, 4) is 5.75 Å². The Kier molecular flexibility index (Phi) is 6.00. The largest absolute Gasteiger partial charge is 0.493 e. The minimum Gasteiger partial charge on any atom is -0.493 e. The van der Waals surface area contributed by atoms with Crippen molar-refractivity contribution in [1.82, 2.24) is 0 Å². The lowest BCUT2D eigenvalue weighted by Gasteiger charge is -2.29. The van der Waals surface area contributed by atoms with Gasteiger partial charge in [0.25, 0.3) is 0 Å². The van der Waals surface area contributed by atoms with Crippen LogP contribution in [0.25, 0.3) is 0 Å². The van der Waals surface area contributed by atoms with Gasteiger partial charge in [-0.3, -0.25) is 0 Å². The molecule has 0 saturated heterocycles. The van der Waals surface area contributed by atoms with Crippen molar-refractivity contribution in [2.75, 3.05) is 12.4 Å². The van der Waals surface area contributed by atoms with E-state index < -0.39 is 0 Å². The van der Waals surface area contributed by atoms with Crippen molar-refractivity contribution >= 4 is 12.6 Å². The fourth-order valence-corrected chi connectivity index (χ4v) is 2.63. The van der Waals surface area contributed by atoms with Gasteiger partial charge in [0, 0.05) is 5.92 Å². The molecule has 0 heterocycles. The zero-order valence-corrected chi connectivity index (χ0v) is 14.8. The van der Waals surface area contributed by atoms with E-state index in [2.05, 4.69) is 78.4 Å². The first-order valence-corrected chi connectivity index (χ1v) is 8.18. The molecule has 1 unspecified atom stereocenters. The maximum atomic E-state index is 5.94. The number of ether oxygens (including phenoxy) is 1. The molecule has 0 fully saturated rings. The molecule has 0 aliphatic rings. The minimum absolute atomic E-state index is 0.228. The summed E-state index contributed by atoms with van der Waals surface area (Å²) in [5, 5.41) is 0. The van der Waals surface area contributed by atoms with Crippen LogP contribution in [0.4, 0.5) is 0 Å². The van der Waals surface area contributed by atoms with Crippen LogP contribution in [0.1, 0.15) is 53.5 Å². The molecule has 1 aromatic rings. The van der Waals surface area contributed by atoms with Gasteiger partial charge in [-0.25, -0.2) is 0 Å². The average Bonchev–Trinajstić information content (AvgIpc) is 2.38. The Morgan fingerprint density at radius 1 is 1.05 bits per heavy atom. The molecule has 0 spiro atoms. The van der Waals surface area contributed by atoms with Crippen LogP contribution in [-0.4, -0.2) is 12.4 Å². The summed E-state index contributed by atoms with van der Waals surface area (Å²) in [4.78, 5) is 0. The predicted octanol–water partition coefficient (Wildman–Crippen LogP) is 5.35. The highest BCUT2D eigenvalue weighted by Crippen LogP contribution is 2.30. The summed E-state index contributed by atoms with van der Waals surface area (Å²) in [6, 6.07) is 8.55. The van der Waals surface area contributed by atoms with Crippen LogP contribution in [0.2, 0.25) is 0 Å². The Labute approximate surface area is 130 Å². The Hall–Kier alpha value is -0.630. The number of thiol groups is 1. The van der Waals surface area contributed by atoms with Gasteiger partial charge in [-0.2, -0.15) is 12.6 Å². The molecular formula is C18H30OS. The van der Waals surface area contributed by atoms with Crippen LogP contribution in [0.5, 0.6) is 5.75 Å². The van der Waals surface area contributed by atoms with E-state index in [0.29, 0.717) is 5.92 Å². The molecule has 1 nitrogen and oxygen atoms in total. The maximum absolute atomic E-state index is 5.94. The highest BCUT2D eigenvalue weighted by molar-refractivity contribution is 7.80. The maximum Gasteiger partial charge on any atom is 0.119 e. The Bertz CT molecular complexity index is 400. The summed E-state index contributed by atoms with van der Waals surface area (Å²) in [5.74, 6) is 2.26. The molecule has 2 heteroatoms. The molecular weight excluding hydrogens is 264 g/mol. The Balaban J connectivity index is 2.67. The molecule has 0 aromatic heterocycles. The molecule has 114 valence electrons. The molecule has 20 heavy (non-hydrogen) atoms. The Morgan fingerprint density at radius 3 is 2.00 bits per heavy atom. The average molecular weight is 295 g/mol. The summed E-state index contributed by atoms with van der Waals surface area (Å²) in [6.07, 6.45) is 1.14. The summed E-state index contributed by atoms with van der Waals surface area (Å²) < 4.78 is 5.94. The van der Waals surface area contributed by atoms with Crippen LogP contribution >= 0.6 is 12.6 Å². The van der Waals surface area contributed by atoms with Crippen LogP contribution in [0.3, 0.4) is 0 Å². The van der Waals surface area contributed by atoms with E-state index in [0.717, 1.165) is 24.5 Å². The second-order valence-electron chi connectivity index (χ2n) is 7.32. The molecule has 1 aromatic carbocycles. The van der Waals surface area contributed by atoms with E-state index in [-0.39, 0.29) is 10.8 Å². The summed E-state index contributed by atoms with van der Waals surface area (Å²) in [6.45, 7) is 14.2. The minimum atomic E-state index is 0.228. The third-order valence-electron chi connectivity index (χ3n) is 4.42. The van der Waals surface area contributed by atoms with Crippen molar-refractivity contribution in [3.63, 3.8) is 0 Å². The molecule has 0 amide bonds. The standard InChI is InChI=1S/C18H30OS/c1-7-18(5,6)14-8-10-16(11-9-14)19-12-15(13-20)17(2,3)4/h8-11,15,20H,7,12-13H2,1-6H3. The monoisotopic (exact) mass is 294 g/mol. The summed E-state index contributed by atoms with van der Waals surface area (Å²) in [7, 11) is 0. The van der Waals surface area contributed by atoms with Gasteiger partial charge >= 0.3 is 0 Å². The lowest BCUT2D eigenvalue weighted by Crippen LogP contribution is -2.28. The van der Waals surface area contributed by atoms with E-state index in [4.69, 9.17) is 4.74 Å². The third-order valence-corrected chi connectivity index (χ3v) is 4.86. The first kappa shape index (κ1) is 17.4. The predicted molar refractivity (Wildman–Crippen MR) is 92.1 cm³/mol. The van der Waals surface area contributed by atoms with Crippen LogP contribution < -0.4 is 4.74 Å². The highest BCUT2D eigenvalue weighted by Gasteiger charge is 2.24. The van der Waals surface area contributed by atoms with Crippen molar-refractivity contribution < 1.29 is 4.74 Å². The number of benzene rings is 1. The van der Waals surface area contributed by atoms with Crippen molar-refractivity contribution in [3.05, 3.63) is 29.8 Å². The molecule has 0 saturated carbocycles. The molecule has 1 rings (SSSR count). The van der Waals surface area contributed by atoms with Gasteiger partial charge in [0.15, 0.2) is 0 Å². The van der Waals surface area contributed by atoms with Crippen molar-refractivity contribution in [2.24, 2.45) is 11.3 Å². The SMILES string of the molecule is CCC(C)(C)c1ccc(OCC(CS)C(C)(C)C)cc1. The highest BCUT2D eigenvalue weighted by atomic mass is 32.1. The van der Waals surface area contributed by atoms with Crippen molar-refractivity contribution in [1.29, 1.82) is 0 Å². The zero-order chi connectivity index (χ0) is 15.4. The number of hydrogen-bond donors (Lipinski definition) is 1. The number of hydrogen-bond acceptors (Lipinski definition) is 2. The van der Waals surface area contributed by atoms with Gasteiger partial charge in [-0.1, -0.05) is 53.7 Å². The summed E-state index contributed by atoms with van der Waals surface area (Å²) >= 11 is 4.44. The van der Waals surface area contributed by atoms with Gasteiger partial charge in [0.05, 0.1) is 6.61 Å². The van der Waals surface area contributed by atoms with E-state index in [1.165, 1.54) is 5.56 Å². The number of rotatable bonds is 6. The first-order valence-electron chi connectivity index (χ1n) is 7.55. The van der Waals surface area contributed by atoms with Crippen LogP contribution in [-0.2, 0) is 5.41 Å². The van der Waals surface area contributed by atoms with E-state index in [1.54, 1.807) is 0 Å². The van der Waals surface area contributed by atoms with Crippen LogP contribution in [0, 0.1) is 11.3 Å². The quantitative estimate of drug-likeness (QED) is 0.696. The van der Waals surface area contributed by atoms with Crippen molar-refractivity contribution in [2.45, 2.75) is 53.4 Å². The van der Waals surface area contributed by atoms with Gasteiger partial charge in [-0.15, -0.1) is 0 Å². The zero-order valence-electron chi connectivity index (χ0n) is 13.9. The topological polar surface area (TPSA) is 9.23 Å². The van der Waals surface area contributed by atoms with Gasteiger partial charge in [-0.05, 0) is 40.7 Å². The first-order chi connectivity index (χ1) is 9.20. The molecule has 0 radical (unpaired) electrons. The van der Waals surface area contributed by atoms with Gasteiger partial charge < -0.3 is 4.74 Å². The van der Waals surface area contributed by atoms with Gasteiger partial charge in [0.2, 0.25) is 0 Å². The second kappa shape index (κ2) is 6.89. The van der Waals surface area contributed by atoms with E-state index in [1.807, 2.05) is 0 Å². The molecule has 0 aliphatic heterocycles. The molecule has 1 atom stereocenters. The second-order valence-corrected chi connectivity index (χ2v) is 7.68. The van der Waals surface area contributed by atoms with E-state index in [9.17, 15) is 0 Å². The smallest absolute Gasteiger partial charge is 0.119 e. The van der Waals surface area contributed by atoms with E-state index >= 15 is 0 Å². The Morgan fingerprint density at radius 2 is 1.60 bits per heavy atom. The van der Waals surface area contributed by atoms with Crippen LogP contribution in [0.15, 0.2) is 24.3 Å². The van der Waals surface area contributed by atoms with Gasteiger partial charge in [0.1, 0.15) is 5.75 Å². The lowest BCUT2D eigenvalue weighted by atomic mass is 9.82. The normalized spacial score (nSPS) is 14.2.